The van der Waals surface area contributed by atoms with E-state index in [0.29, 0.717) is 29.7 Å². The smallest absolute Gasteiger partial charge is 0.270 e. The maximum absolute atomic E-state index is 11.7. The Bertz CT molecular complexity index is 838. The fourth-order valence-corrected chi connectivity index (χ4v) is 2.66. The summed E-state index contributed by atoms with van der Waals surface area (Å²) in [7, 11) is 0. The molecule has 0 saturated carbocycles. The van der Waals surface area contributed by atoms with Crippen LogP contribution in [0.3, 0.4) is 0 Å². The van der Waals surface area contributed by atoms with Crippen molar-refractivity contribution >= 4 is 23.5 Å². The number of rotatable bonds is 4. The Labute approximate surface area is 148 Å². The molecule has 0 saturated heterocycles. The van der Waals surface area contributed by atoms with E-state index in [1.165, 1.54) is 18.3 Å². The number of non-ortho nitro benzene ring substituents is 1. The zero-order valence-electron chi connectivity index (χ0n) is 13.1. The predicted molar refractivity (Wildman–Crippen MR) is 90.9 cm³/mol. The van der Waals surface area contributed by atoms with E-state index in [1.807, 2.05) is 0 Å². The third-order valence-electron chi connectivity index (χ3n) is 3.57. The second-order valence-electron chi connectivity index (χ2n) is 5.40. The average molecular weight is 362 g/mol. The number of hydrogen-bond acceptors (Lipinski definition) is 6. The summed E-state index contributed by atoms with van der Waals surface area (Å²) in [4.78, 5) is 14.4. The molecule has 1 heterocycles. The van der Waals surface area contributed by atoms with E-state index in [0.717, 1.165) is 18.1 Å². The second-order valence-corrected chi connectivity index (χ2v) is 5.81. The van der Waals surface area contributed by atoms with Gasteiger partial charge in [-0.1, -0.05) is 23.4 Å². The van der Waals surface area contributed by atoms with Crippen LogP contribution in [-0.2, 0) is 6.54 Å². The van der Waals surface area contributed by atoms with Crippen molar-refractivity contribution in [3.8, 4) is 17.2 Å². The fourth-order valence-electron chi connectivity index (χ4n) is 2.38. The zero-order chi connectivity index (χ0) is 17.8. The van der Waals surface area contributed by atoms with E-state index in [9.17, 15) is 15.2 Å². The molecule has 0 bridgehead atoms. The number of halogens is 1. The van der Waals surface area contributed by atoms with E-state index in [4.69, 9.17) is 21.1 Å². The first kappa shape index (κ1) is 17.0. The molecule has 7 nitrogen and oxygen atoms in total. The topological polar surface area (TPSA) is 97.0 Å². The molecule has 25 heavy (non-hydrogen) atoms. The van der Waals surface area contributed by atoms with E-state index in [-0.39, 0.29) is 23.5 Å². The molecule has 2 aromatic carbocycles. The Morgan fingerprint density at radius 3 is 2.84 bits per heavy atom. The van der Waals surface area contributed by atoms with E-state index >= 15 is 0 Å². The minimum Gasteiger partial charge on any atom is -0.872 e. The Hall–Kier alpha value is -2.80. The molecule has 0 aliphatic carbocycles. The molecule has 0 amide bonds. The van der Waals surface area contributed by atoms with Gasteiger partial charge in [0.1, 0.15) is 0 Å². The van der Waals surface area contributed by atoms with Crippen LogP contribution in [0, 0.1) is 10.1 Å². The van der Waals surface area contributed by atoms with Crippen molar-refractivity contribution in [2.75, 3.05) is 13.2 Å². The van der Waals surface area contributed by atoms with Gasteiger partial charge in [-0.15, -0.1) is 0 Å². The van der Waals surface area contributed by atoms with Gasteiger partial charge in [0, 0.05) is 24.8 Å². The Balaban J connectivity index is 1.79. The molecule has 0 spiro atoms. The highest BCUT2D eigenvalue weighted by Gasteiger charge is 2.15. The molecule has 0 N–H and O–H groups in total. The maximum atomic E-state index is 11.7. The molecule has 1 aliphatic rings. The standard InChI is InChI=1S/C17H15ClN2O5/c18-14-6-11(7-16-17(14)25-5-1-4-24-16)9-19-10-12-8-13(20(22)23)2-3-15(12)21/h2-3,6-8,10,21H,1,4-5,9H2/p-1. The summed E-state index contributed by atoms with van der Waals surface area (Å²) >= 11 is 6.21. The lowest BCUT2D eigenvalue weighted by atomic mass is 10.2. The number of hydrogen-bond donors (Lipinski definition) is 0. The Kier molecular flexibility index (Phi) is 5.04. The van der Waals surface area contributed by atoms with Crippen LogP contribution in [-0.4, -0.2) is 24.4 Å². The highest BCUT2D eigenvalue weighted by atomic mass is 35.5. The van der Waals surface area contributed by atoms with Crippen molar-refractivity contribution in [1.29, 1.82) is 0 Å². The lowest BCUT2D eigenvalue weighted by Crippen LogP contribution is -1.98. The maximum Gasteiger partial charge on any atom is 0.270 e. The molecule has 130 valence electrons. The predicted octanol–water partition coefficient (Wildman–Crippen LogP) is 3.10. The molecular formula is C17H14ClN2O5-. The summed E-state index contributed by atoms with van der Waals surface area (Å²) in [5, 5.41) is 23.0. The number of nitro groups is 1. The van der Waals surface area contributed by atoms with Crippen molar-refractivity contribution in [1.82, 2.24) is 0 Å². The number of fused-ring (bicyclic) bond motifs is 1. The van der Waals surface area contributed by atoms with Gasteiger partial charge in [0.15, 0.2) is 11.5 Å². The Morgan fingerprint density at radius 2 is 2.04 bits per heavy atom. The number of aliphatic imine (C=N–C) groups is 1. The van der Waals surface area contributed by atoms with Crippen molar-refractivity contribution in [2.24, 2.45) is 4.99 Å². The minimum atomic E-state index is -0.555. The molecule has 8 heteroatoms. The molecule has 0 aromatic heterocycles. The Morgan fingerprint density at radius 1 is 1.24 bits per heavy atom. The molecule has 0 unspecified atom stereocenters. The van der Waals surface area contributed by atoms with Crippen molar-refractivity contribution in [3.05, 3.63) is 56.6 Å². The van der Waals surface area contributed by atoms with Gasteiger partial charge in [0.2, 0.25) is 0 Å². The summed E-state index contributed by atoms with van der Waals surface area (Å²) in [6.45, 7) is 1.34. The molecule has 0 fully saturated rings. The van der Waals surface area contributed by atoms with Gasteiger partial charge in [-0.05, 0) is 23.3 Å². The van der Waals surface area contributed by atoms with Crippen molar-refractivity contribution in [3.63, 3.8) is 0 Å². The SMILES string of the molecule is O=[N+]([O-])c1ccc([O-])c(C=NCc2cc(Cl)c3c(c2)OCCCO3)c1. The quantitative estimate of drug-likeness (QED) is 0.473. The van der Waals surface area contributed by atoms with Crippen LogP contribution in [0.25, 0.3) is 0 Å². The molecule has 0 radical (unpaired) electrons. The highest BCUT2D eigenvalue weighted by Crippen LogP contribution is 2.38. The lowest BCUT2D eigenvalue weighted by Gasteiger charge is -2.11. The van der Waals surface area contributed by atoms with E-state index in [1.54, 1.807) is 12.1 Å². The fraction of sp³-hybridized carbons (Fsp3) is 0.235. The third kappa shape index (κ3) is 4.00. The van der Waals surface area contributed by atoms with Crippen LogP contribution < -0.4 is 14.6 Å². The summed E-state index contributed by atoms with van der Waals surface area (Å²) in [6.07, 6.45) is 2.10. The molecule has 0 atom stereocenters. The first-order valence-corrected chi connectivity index (χ1v) is 7.95. The molecule has 3 rings (SSSR count). The average Bonchev–Trinajstić information content (AvgIpc) is 2.82. The van der Waals surface area contributed by atoms with Gasteiger partial charge in [0.25, 0.3) is 5.69 Å². The largest absolute Gasteiger partial charge is 0.872 e. The normalized spacial score (nSPS) is 13.6. The van der Waals surface area contributed by atoms with Crippen LogP contribution >= 0.6 is 11.6 Å². The highest BCUT2D eigenvalue weighted by molar-refractivity contribution is 6.32. The molecule has 1 aliphatic heterocycles. The van der Waals surface area contributed by atoms with Crippen molar-refractivity contribution < 1.29 is 19.5 Å². The molecule has 2 aromatic rings. The van der Waals surface area contributed by atoms with Crippen LogP contribution in [0.15, 0.2) is 35.3 Å². The van der Waals surface area contributed by atoms with Gasteiger partial charge in [-0.25, -0.2) is 0 Å². The van der Waals surface area contributed by atoms with Gasteiger partial charge in [-0.3, -0.25) is 15.1 Å². The number of ether oxygens (including phenoxy) is 2. The van der Waals surface area contributed by atoms with Gasteiger partial charge >= 0.3 is 0 Å². The number of nitrogens with zero attached hydrogens (tertiary/aromatic N) is 2. The second kappa shape index (κ2) is 7.40. The van der Waals surface area contributed by atoms with Crippen molar-refractivity contribution in [2.45, 2.75) is 13.0 Å². The summed E-state index contributed by atoms with van der Waals surface area (Å²) < 4.78 is 11.2. The first-order chi connectivity index (χ1) is 12.0. The summed E-state index contributed by atoms with van der Waals surface area (Å²) in [5.74, 6) is 0.758. The van der Waals surface area contributed by atoms with E-state index in [2.05, 4.69) is 4.99 Å². The van der Waals surface area contributed by atoms with Gasteiger partial charge < -0.3 is 14.6 Å². The monoisotopic (exact) mass is 361 g/mol. The van der Waals surface area contributed by atoms with Crippen LogP contribution in [0.4, 0.5) is 5.69 Å². The van der Waals surface area contributed by atoms with Crippen LogP contribution in [0.2, 0.25) is 5.02 Å². The van der Waals surface area contributed by atoms with Gasteiger partial charge in [-0.2, -0.15) is 0 Å². The number of nitro benzene ring substituents is 1. The van der Waals surface area contributed by atoms with Gasteiger partial charge in [0.05, 0.1) is 29.7 Å². The molecular weight excluding hydrogens is 348 g/mol. The summed E-state index contributed by atoms with van der Waals surface area (Å²) in [6, 6.07) is 7.04. The minimum absolute atomic E-state index is 0.153. The summed E-state index contributed by atoms with van der Waals surface area (Å²) in [5.41, 5.74) is 0.790. The third-order valence-corrected chi connectivity index (χ3v) is 3.85. The van der Waals surface area contributed by atoms with E-state index < -0.39 is 4.92 Å². The first-order valence-electron chi connectivity index (χ1n) is 7.58. The van der Waals surface area contributed by atoms with Crippen LogP contribution in [0.1, 0.15) is 17.5 Å². The zero-order valence-corrected chi connectivity index (χ0v) is 13.9. The van der Waals surface area contributed by atoms with Crippen LogP contribution in [0.5, 0.6) is 17.2 Å². The number of benzene rings is 2. The lowest BCUT2D eigenvalue weighted by molar-refractivity contribution is -0.385.